The van der Waals surface area contributed by atoms with E-state index < -0.39 is 0 Å². The third-order valence-corrected chi connectivity index (χ3v) is 4.40. The van der Waals surface area contributed by atoms with Crippen molar-refractivity contribution in [2.24, 2.45) is 5.92 Å². The summed E-state index contributed by atoms with van der Waals surface area (Å²) in [6.45, 7) is 3.37. The van der Waals surface area contributed by atoms with Crippen LogP contribution < -0.4 is 5.32 Å². The van der Waals surface area contributed by atoms with Gasteiger partial charge in [0.1, 0.15) is 5.52 Å². The van der Waals surface area contributed by atoms with Crippen molar-refractivity contribution in [2.75, 3.05) is 19.6 Å². The molecule has 1 amide bonds. The Kier molecular flexibility index (Phi) is 2.73. The Labute approximate surface area is 117 Å². The van der Waals surface area contributed by atoms with Gasteiger partial charge in [0.05, 0.1) is 0 Å². The maximum absolute atomic E-state index is 12.3. The predicted molar refractivity (Wildman–Crippen MR) is 74.4 cm³/mol. The molecule has 1 aromatic heterocycles. The van der Waals surface area contributed by atoms with E-state index in [1.165, 1.54) is 25.9 Å². The summed E-state index contributed by atoms with van der Waals surface area (Å²) >= 11 is 0. The Bertz CT molecular complexity index is 639. The van der Waals surface area contributed by atoms with Crippen molar-refractivity contribution in [1.29, 1.82) is 0 Å². The Morgan fingerprint density at radius 2 is 2.35 bits per heavy atom. The van der Waals surface area contributed by atoms with E-state index in [0.29, 0.717) is 11.1 Å². The van der Waals surface area contributed by atoms with Gasteiger partial charge in [-0.3, -0.25) is 4.79 Å². The van der Waals surface area contributed by atoms with Gasteiger partial charge in [-0.25, -0.2) is 4.98 Å². The first-order chi connectivity index (χ1) is 9.78. The molecule has 2 aromatic rings. The van der Waals surface area contributed by atoms with Crippen molar-refractivity contribution in [2.45, 2.75) is 18.9 Å². The molecule has 2 fully saturated rings. The fourth-order valence-electron chi connectivity index (χ4n) is 3.43. The van der Waals surface area contributed by atoms with Gasteiger partial charge < -0.3 is 14.6 Å². The van der Waals surface area contributed by atoms with Gasteiger partial charge >= 0.3 is 0 Å². The number of fused-ring (bicyclic) bond motifs is 3. The lowest BCUT2D eigenvalue weighted by molar-refractivity contribution is 0.0909. The van der Waals surface area contributed by atoms with Crippen LogP contribution in [-0.4, -0.2) is 41.5 Å². The average molecular weight is 271 g/mol. The largest absolute Gasteiger partial charge is 0.443 e. The van der Waals surface area contributed by atoms with E-state index in [4.69, 9.17) is 4.42 Å². The number of nitrogens with one attached hydrogen (secondary N) is 1. The second-order valence-electron chi connectivity index (χ2n) is 5.86. The number of piperidine rings is 1. The third-order valence-electron chi connectivity index (χ3n) is 4.40. The Hall–Kier alpha value is -1.88. The molecule has 0 spiro atoms. The molecule has 5 heteroatoms. The zero-order valence-corrected chi connectivity index (χ0v) is 11.2. The van der Waals surface area contributed by atoms with Gasteiger partial charge in [-0.2, -0.15) is 0 Å². The minimum Gasteiger partial charge on any atom is -0.443 e. The van der Waals surface area contributed by atoms with Crippen molar-refractivity contribution in [3.05, 3.63) is 30.2 Å². The molecule has 20 heavy (non-hydrogen) atoms. The minimum absolute atomic E-state index is 0.0178. The third kappa shape index (κ3) is 2.08. The van der Waals surface area contributed by atoms with Gasteiger partial charge in [0.2, 0.25) is 0 Å². The molecular weight excluding hydrogens is 254 g/mol. The van der Waals surface area contributed by atoms with Gasteiger partial charge in [-0.15, -0.1) is 0 Å². The molecule has 0 aliphatic carbocycles. The fraction of sp³-hybridized carbons (Fsp3) is 0.467. The first-order valence-electron chi connectivity index (χ1n) is 7.14. The quantitative estimate of drug-likeness (QED) is 0.902. The number of hydrogen-bond donors (Lipinski definition) is 1. The SMILES string of the molecule is O=C(NC1CC2CCN(C2)C1)c1ccc2ncoc2c1. The van der Waals surface area contributed by atoms with E-state index in [9.17, 15) is 4.79 Å². The lowest BCUT2D eigenvalue weighted by Crippen LogP contribution is -2.47. The van der Waals surface area contributed by atoms with E-state index in [1.807, 2.05) is 6.07 Å². The highest BCUT2D eigenvalue weighted by Crippen LogP contribution is 2.27. The second-order valence-corrected chi connectivity index (χ2v) is 5.86. The number of nitrogens with zero attached hydrogens (tertiary/aromatic N) is 2. The molecule has 2 bridgehead atoms. The molecule has 2 aliphatic heterocycles. The number of carbonyl (C=O) groups excluding carboxylic acids is 1. The summed E-state index contributed by atoms with van der Waals surface area (Å²) in [6, 6.07) is 5.66. The summed E-state index contributed by atoms with van der Waals surface area (Å²) in [5.41, 5.74) is 2.08. The van der Waals surface area contributed by atoms with Crippen LogP contribution in [0, 0.1) is 5.92 Å². The minimum atomic E-state index is -0.0178. The highest BCUT2D eigenvalue weighted by atomic mass is 16.3. The number of carbonyl (C=O) groups is 1. The van der Waals surface area contributed by atoms with E-state index in [1.54, 1.807) is 12.1 Å². The van der Waals surface area contributed by atoms with Crippen LogP contribution in [-0.2, 0) is 0 Å². The monoisotopic (exact) mass is 271 g/mol. The predicted octanol–water partition coefficient (Wildman–Crippen LogP) is 1.65. The summed E-state index contributed by atoms with van der Waals surface area (Å²) < 4.78 is 5.24. The Morgan fingerprint density at radius 3 is 3.25 bits per heavy atom. The van der Waals surface area contributed by atoms with Crippen LogP contribution in [0.5, 0.6) is 0 Å². The van der Waals surface area contributed by atoms with Crippen molar-refractivity contribution >= 4 is 17.0 Å². The van der Waals surface area contributed by atoms with Crippen LogP contribution in [0.1, 0.15) is 23.2 Å². The number of amides is 1. The molecular formula is C15H17N3O2. The number of benzene rings is 1. The lowest BCUT2D eigenvalue weighted by Gasteiger charge is -2.30. The second kappa shape index (κ2) is 4.59. The summed E-state index contributed by atoms with van der Waals surface area (Å²) in [5, 5.41) is 3.15. The van der Waals surface area contributed by atoms with Crippen molar-refractivity contribution in [3.8, 4) is 0 Å². The first kappa shape index (κ1) is 11.9. The molecule has 4 rings (SSSR count). The van der Waals surface area contributed by atoms with Gasteiger partial charge in [0.15, 0.2) is 12.0 Å². The number of oxazole rings is 1. The van der Waals surface area contributed by atoms with Gasteiger partial charge in [0, 0.05) is 24.7 Å². The zero-order chi connectivity index (χ0) is 13.5. The van der Waals surface area contributed by atoms with Gasteiger partial charge in [0.25, 0.3) is 5.91 Å². The zero-order valence-electron chi connectivity index (χ0n) is 11.2. The molecule has 1 aromatic carbocycles. The van der Waals surface area contributed by atoms with Crippen molar-refractivity contribution in [1.82, 2.24) is 15.2 Å². The van der Waals surface area contributed by atoms with Crippen molar-refractivity contribution < 1.29 is 9.21 Å². The molecule has 3 heterocycles. The molecule has 3 unspecified atom stereocenters. The van der Waals surface area contributed by atoms with E-state index in [0.717, 1.165) is 24.4 Å². The van der Waals surface area contributed by atoms with Crippen LogP contribution in [0.2, 0.25) is 0 Å². The molecule has 104 valence electrons. The van der Waals surface area contributed by atoms with Crippen molar-refractivity contribution in [3.63, 3.8) is 0 Å². The van der Waals surface area contributed by atoms with E-state index in [-0.39, 0.29) is 11.9 Å². The maximum Gasteiger partial charge on any atom is 0.251 e. The summed E-state index contributed by atoms with van der Waals surface area (Å²) in [4.78, 5) is 18.8. The average Bonchev–Trinajstić information content (AvgIpc) is 3.04. The van der Waals surface area contributed by atoms with E-state index >= 15 is 0 Å². The maximum atomic E-state index is 12.3. The molecule has 2 saturated heterocycles. The number of rotatable bonds is 2. The van der Waals surface area contributed by atoms with Crippen LogP contribution in [0.25, 0.3) is 11.1 Å². The molecule has 5 nitrogen and oxygen atoms in total. The Balaban J connectivity index is 1.49. The van der Waals surface area contributed by atoms with Gasteiger partial charge in [-0.05, 0) is 43.5 Å². The highest BCUT2D eigenvalue weighted by Gasteiger charge is 2.32. The van der Waals surface area contributed by atoms with E-state index in [2.05, 4.69) is 15.2 Å². The first-order valence-corrected chi connectivity index (χ1v) is 7.14. The number of aromatic nitrogens is 1. The summed E-state index contributed by atoms with van der Waals surface area (Å²) in [6.07, 6.45) is 3.78. The standard InChI is InChI=1S/C15H17N3O2/c19-15(11-1-2-13-14(6-11)20-9-16-13)17-12-5-10-3-4-18(7-10)8-12/h1-2,6,9-10,12H,3-5,7-8H2,(H,17,19). The summed E-state index contributed by atoms with van der Waals surface area (Å²) in [5.74, 6) is 0.738. The van der Waals surface area contributed by atoms with Gasteiger partial charge in [-0.1, -0.05) is 0 Å². The molecule has 1 N–H and O–H groups in total. The molecule has 0 saturated carbocycles. The molecule has 2 aliphatic rings. The van der Waals surface area contributed by atoms with Crippen LogP contribution in [0.3, 0.4) is 0 Å². The van der Waals surface area contributed by atoms with Crippen LogP contribution in [0.4, 0.5) is 0 Å². The lowest BCUT2D eigenvalue weighted by atomic mass is 9.96. The highest BCUT2D eigenvalue weighted by molar-refractivity contribution is 5.97. The fourth-order valence-corrected chi connectivity index (χ4v) is 3.43. The Morgan fingerprint density at radius 1 is 1.40 bits per heavy atom. The topological polar surface area (TPSA) is 58.4 Å². The normalized spacial score (nSPS) is 28.7. The summed E-state index contributed by atoms with van der Waals surface area (Å²) in [7, 11) is 0. The molecule has 0 radical (unpaired) electrons. The van der Waals surface area contributed by atoms with Crippen LogP contribution in [0.15, 0.2) is 29.0 Å². The smallest absolute Gasteiger partial charge is 0.251 e. The van der Waals surface area contributed by atoms with Crippen LogP contribution >= 0.6 is 0 Å². The molecule has 3 atom stereocenters. The number of hydrogen-bond acceptors (Lipinski definition) is 4.